The lowest BCUT2D eigenvalue weighted by molar-refractivity contribution is 0.564. The summed E-state index contributed by atoms with van der Waals surface area (Å²) in [5.41, 5.74) is 3.38. The molecule has 2 heterocycles. The lowest BCUT2D eigenvalue weighted by atomic mass is 10.1. The highest BCUT2D eigenvalue weighted by molar-refractivity contribution is 7.15. The van der Waals surface area contributed by atoms with Crippen LogP contribution in [0.1, 0.15) is 29.9 Å². The Labute approximate surface area is 137 Å². The van der Waals surface area contributed by atoms with E-state index in [0.717, 1.165) is 22.8 Å². The number of fused-ring (bicyclic) bond motifs is 1. The number of nitrogens with zero attached hydrogens (tertiary/aromatic N) is 2. The molecule has 3 rings (SSSR count). The fourth-order valence-electron chi connectivity index (χ4n) is 2.30. The summed E-state index contributed by atoms with van der Waals surface area (Å²) >= 11 is 13.7. The summed E-state index contributed by atoms with van der Waals surface area (Å²) in [5, 5.41) is 6.73. The zero-order chi connectivity index (χ0) is 15.0. The first-order valence-electron chi connectivity index (χ1n) is 6.65. The van der Waals surface area contributed by atoms with Gasteiger partial charge in [0.25, 0.3) is 0 Å². The van der Waals surface area contributed by atoms with Crippen molar-refractivity contribution in [1.29, 1.82) is 0 Å². The van der Waals surface area contributed by atoms with E-state index in [4.69, 9.17) is 23.2 Å². The van der Waals surface area contributed by atoms with Gasteiger partial charge in [0.1, 0.15) is 0 Å². The topological polar surface area (TPSA) is 29.3 Å². The van der Waals surface area contributed by atoms with Crippen LogP contribution in [0, 0.1) is 6.92 Å². The molecule has 1 aromatic carbocycles. The minimum absolute atomic E-state index is 0.184. The predicted molar refractivity (Wildman–Crippen MR) is 89.5 cm³/mol. The van der Waals surface area contributed by atoms with Gasteiger partial charge < -0.3 is 5.32 Å². The fourth-order valence-corrected chi connectivity index (χ4v) is 3.39. The van der Waals surface area contributed by atoms with E-state index in [2.05, 4.69) is 27.8 Å². The molecule has 3 nitrogen and oxygen atoms in total. The van der Waals surface area contributed by atoms with Gasteiger partial charge in [-0.3, -0.25) is 4.40 Å². The summed E-state index contributed by atoms with van der Waals surface area (Å²) in [5.74, 6) is 0. The van der Waals surface area contributed by atoms with Gasteiger partial charge in [-0.15, -0.1) is 11.3 Å². The van der Waals surface area contributed by atoms with Crippen molar-refractivity contribution in [2.24, 2.45) is 0 Å². The van der Waals surface area contributed by atoms with Gasteiger partial charge in [-0.2, -0.15) is 0 Å². The van der Waals surface area contributed by atoms with Crippen LogP contribution < -0.4 is 5.32 Å². The molecular weight excluding hydrogens is 325 g/mol. The number of benzene rings is 1. The van der Waals surface area contributed by atoms with Gasteiger partial charge in [0.15, 0.2) is 4.96 Å². The smallest absolute Gasteiger partial charge is 0.194 e. The maximum absolute atomic E-state index is 6.07. The van der Waals surface area contributed by atoms with Gasteiger partial charge in [-0.25, -0.2) is 4.98 Å². The van der Waals surface area contributed by atoms with Crippen LogP contribution >= 0.6 is 34.5 Å². The van der Waals surface area contributed by atoms with E-state index in [-0.39, 0.29) is 6.04 Å². The molecule has 0 bridgehead atoms. The third-order valence-corrected chi connectivity index (χ3v) is 5.08. The molecule has 1 atom stereocenters. The number of thiazole rings is 1. The van der Waals surface area contributed by atoms with Gasteiger partial charge in [0.05, 0.1) is 21.4 Å². The summed E-state index contributed by atoms with van der Waals surface area (Å²) in [6, 6.07) is 5.92. The van der Waals surface area contributed by atoms with Crippen LogP contribution in [0.2, 0.25) is 10.0 Å². The van der Waals surface area contributed by atoms with Crippen molar-refractivity contribution in [3.63, 3.8) is 0 Å². The lowest BCUT2D eigenvalue weighted by Crippen LogP contribution is -2.19. The molecular formula is C15H15Cl2N3S. The van der Waals surface area contributed by atoms with Crippen molar-refractivity contribution >= 4 is 39.5 Å². The monoisotopic (exact) mass is 339 g/mol. The Morgan fingerprint density at radius 2 is 2.14 bits per heavy atom. The van der Waals surface area contributed by atoms with Gasteiger partial charge >= 0.3 is 0 Å². The molecule has 6 heteroatoms. The largest absolute Gasteiger partial charge is 0.305 e. The molecule has 0 amide bonds. The van der Waals surface area contributed by atoms with Crippen LogP contribution in [0.4, 0.5) is 0 Å². The standard InChI is InChI=1S/C15H15Cl2N3S/c1-9(11-3-4-12(16)13(17)7-11)18-8-14-10(2)19-15-20(14)5-6-21-15/h3-7,9,18H,8H2,1-2H3. The SMILES string of the molecule is Cc1nc2sccn2c1CNC(C)c1ccc(Cl)c(Cl)c1. The molecule has 0 aliphatic carbocycles. The molecule has 1 unspecified atom stereocenters. The van der Waals surface area contributed by atoms with E-state index in [1.807, 2.05) is 30.5 Å². The highest BCUT2D eigenvalue weighted by Gasteiger charge is 2.12. The van der Waals surface area contributed by atoms with Crippen molar-refractivity contribution in [1.82, 2.24) is 14.7 Å². The van der Waals surface area contributed by atoms with Crippen molar-refractivity contribution < 1.29 is 0 Å². The Balaban J connectivity index is 1.76. The maximum atomic E-state index is 6.07. The van der Waals surface area contributed by atoms with Gasteiger partial charge in [-0.1, -0.05) is 29.3 Å². The van der Waals surface area contributed by atoms with Crippen molar-refractivity contribution in [2.75, 3.05) is 0 Å². The van der Waals surface area contributed by atoms with Crippen LogP contribution in [-0.2, 0) is 6.54 Å². The number of imidazole rings is 1. The quantitative estimate of drug-likeness (QED) is 0.735. The Kier molecular flexibility index (Phi) is 4.22. The predicted octanol–water partition coefficient (Wildman–Crippen LogP) is 4.86. The minimum Gasteiger partial charge on any atom is -0.305 e. The van der Waals surface area contributed by atoms with Crippen LogP contribution in [-0.4, -0.2) is 9.38 Å². The molecule has 0 saturated carbocycles. The van der Waals surface area contributed by atoms with E-state index in [1.54, 1.807) is 11.3 Å². The highest BCUT2D eigenvalue weighted by atomic mass is 35.5. The van der Waals surface area contributed by atoms with Gasteiger partial charge in [-0.05, 0) is 31.5 Å². The molecule has 0 fully saturated rings. The van der Waals surface area contributed by atoms with Crippen molar-refractivity contribution in [3.8, 4) is 0 Å². The van der Waals surface area contributed by atoms with Crippen molar-refractivity contribution in [2.45, 2.75) is 26.4 Å². The van der Waals surface area contributed by atoms with Crippen molar-refractivity contribution in [3.05, 3.63) is 56.8 Å². The number of aryl methyl sites for hydroxylation is 1. The first kappa shape index (κ1) is 14.9. The summed E-state index contributed by atoms with van der Waals surface area (Å²) in [6.45, 7) is 4.91. The number of hydrogen-bond donors (Lipinski definition) is 1. The van der Waals surface area contributed by atoms with Crippen LogP contribution in [0.15, 0.2) is 29.8 Å². The van der Waals surface area contributed by atoms with E-state index < -0.39 is 0 Å². The molecule has 0 saturated heterocycles. The maximum Gasteiger partial charge on any atom is 0.194 e. The van der Waals surface area contributed by atoms with Crippen LogP contribution in [0.25, 0.3) is 4.96 Å². The minimum atomic E-state index is 0.184. The zero-order valence-electron chi connectivity index (χ0n) is 11.7. The van der Waals surface area contributed by atoms with Crippen LogP contribution in [0.3, 0.4) is 0 Å². The Bertz CT molecular complexity index is 778. The molecule has 110 valence electrons. The van der Waals surface area contributed by atoms with Gasteiger partial charge in [0.2, 0.25) is 0 Å². The molecule has 0 radical (unpaired) electrons. The number of hydrogen-bond acceptors (Lipinski definition) is 3. The number of nitrogens with one attached hydrogen (secondary N) is 1. The summed E-state index contributed by atoms with van der Waals surface area (Å²) in [7, 11) is 0. The molecule has 3 aromatic rings. The summed E-state index contributed by atoms with van der Waals surface area (Å²) < 4.78 is 2.13. The van der Waals surface area contributed by atoms with E-state index >= 15 is 0 Å². The van der Waals surface area contributed by atoms with E-state index in [0.29, 0.717) is 10.0 Å². The molecule has 1 N–H and O–H groups in total. The number of rotatable bonds is 4. The highest BCUT2D eigenvalue weighted by Crippen LogP contribution is 2.26. The lowest BCUT2D eigenvalue weighted by Gasteiger charge is -2.15. The molecule has 0 spiro atoms. The third-order valence-electron chi connectivity index (χ3n) is 3.58. The van der Waals surface area contributed by atoms with Crippen LogP contribution in [0.5, 0.6) is 0 Å². The molecule has 0 aliphatic heterocycles. The van der Waals surface area contributed by atoms with E-state index in [9.17, 15) is 0 Å². The Hall–Kier alpha value is -1.07. The number of aromatic nitrogens is 2. The average molecular weight is 340 g/mol. The second-order valence-corrected chi connectivity index (χ2v) is 6.66. The Morgan fingerprint density at radius 3 is 2.90 bits per heavy atom. The summed E-state index contributed by atoms with van der Waals surface area (Å²) in [6.07, 6.45) is 2.06. The molecule has 21 heavy (non-hydrogen) atoms. The zero-order valence-corrected chi connectivity index (χ0v) is 14.1. The first-order valence-corrected chi connectivity index (χ1v) is 8.29. The van der Waals surface area contributed by atoms with Gasteiger partial charge in [0, 0.05) is 24.2 Å². The normalized spacial score (nSPS) is 13.0. The average Bonchev–Trinajstić information content (AvgIpc) is 3.00. The summed E-state index contributed by atoms with van der Waals surface area (Å²) in [4.78, 5) is 5.59. The first-order chi connectivity index (χ1) is 10.1. The second kappa shape index (κ2) is 5.97. The third kappa shape index (κ3) is 2.94. The molecule has 0 aliphatic rings. The Morgan fingerprint density at radius 1 is 1.33 bits per heavy atom. The fraction of sp³-hybridized carbons (Fsp3) is 0.267. The second-order valence-electron chi connectivity index (χ2n) is 4.98. The van der Waals surface area contributed by atoms with E-state index in [1.165, 1.54) is 5.69 Å². The number of halogens is 2. The molecule has 2 aromatic heterocycles.